The number of hydrogen-bond donors (Lipinski definition) is 1. The van der Waals surface area contributed by atoms with Crippen molar-refractivity contribution in [2.24, 2.45) is 5.73 Å². The van der Waals surface area contributed by atoms with Crippen LogP contribution in [0, 0.1) is 0 Å². The normalized spacial score (nSPS) is 12.2. The molecule has 2 rings (SSSR count). The number of aromatic nitrogens is 2. The smallest absolute Gasteiger partial charge is 0.277 e. The number of thioether (sulfide) groups is 1. The Morgan fingerprint density at radius 1 is 1.40 bits per heavy atom. The number of hydrogen-bond acceptors (Lipinski definition) is 6. The van der Waals surface area contributed by atoms with Crippen LogP contribution in [0.15, 0.2) is 33.9 Å². The third-order valence-electron chi connectivity index (χ3n) is 2.69. The molecule has 2 aromatic rings. The van der Waals surface area contributed by atoms with Crippen LogP contribution in [-0.4, -0.2) is 35.4 Å². The van der Waals surface area contributed by atoms with Gasteiger partial charge in [-0.1, -0.05) is 17.8 Å². The number of rotatable bonds is 5. The zero-order valence-electron chi connectivity index (χ0n) is 11.5. The highest BCUT2D eigenvalue weighted by molar-refractivity contribution is 8.00. The molecule has 1 heterocycles. The number of anilines is 1. The fraction of sp³-hybridized carbons (Fsp3) is 0.308. The van der Waals surface area contributed by atoms with Gasteiger partial charge in [0.25, 0.3) is 5.22 Å². The van der Waals surface area contributed by atoms with E-state index < -0.39 is 11.2 Å². The molecule has 0 unspecified atom stereocenters. The van der Waals surface area contributed by atoms with Crippen LogP contribution in [0.3, 0.4) is 0 Å². The number of primary amides is 1. The van der Waals surface area contributed by atoms with Gasteiger partial charge in [0.2, 0.25) is 11.8 Å². The van der Waals surface area contributed by atoms with Crippen molar-refractivity contribution in [3.8, 4) is 11.5 Å². The second kappa shape index (κ2) is 5.96. The van der Waals surface area contributed by atoms with Crippen LogP contribution in [0.4, 0.5) is 5.69 Å². The van der Waals surface area contributed by atoms with Crippen molar-refractivity contribution < 1.29 is 9.21 Å². The molecule has 1 atom stereocenters. The van der Waals surface area contributed by atoms with Gasteiger partial charge >= 0.3 is 0 Å². The lowest BCUT2D eigenvalue weighted by Gasteiger charge is -2.12. The predicted molar refractivity (Wildman–Crippen MR) is 78.6 cm³/mol. The molecule has 6 nitrogen and oxygen atoms in total. The standard InChI is InChI=1S/C13H16N4O2S/c1-8(11(14)18)20-13-16-15-12(19-13)9-5-4-6-10(7-9)17(2)3/h4-8H,1-3H3,(H2,14,18)/t8-/m1/s1. The minimum Gasteiger partial charge on any atom is -0.411 e. The van der Waals surface area contributed by atoms with E-state index in [2.05, 4.69) is 10.2 Å². The molecule has 0 aliphatic carbocycles. The van der Waals surface area contributed by atoms with Crippen molar-refractivity contribution in [1.82, 2.24) is 10.2 Å². The Balaban J connectivity index is 2.20. The van der Waals surface area contributed by atoms with E-state index in [9.17, 15) is 4.79 Å². The highest BCUT2D eigenvalue weighted by Gasteiger charge is 2.16. The first-order chi connectivity index (χ1) is 9.47. The minimum absolute atomic E-state index is 0.335. The summed E-state index contributed by atoms with van der Waals surface area (Å²) in [6, 6.07) is 7.77. The Bertz CT molecular complexity index is 612. The van der Waals surface area contributed by atoms with E-state index in [1.54, 1.807) is 6.92 Å². The second-order valence-corrected chi connectivity index (χ2v) is 5.77. The van der Waals surface area contributed by atoms with Crippen molar-refractivity contribution in [2.75, 3.05) is 19.0 Å². The van der Waals surface area contributed by atoms with Crippen molar-refractivity contribution in [3.63, 3.8) is 0 Å². The third-order valence-corrected chi connectivity index (χ3v) is 3.65. The van der Waals surface area contributed by atoms with E-state index in [1.807, 2.05) is 43.3 Å². The van der Waals surface area contributed by atoms with Crippen molar-refractivity contribution in [3.05, 3.63) is 24.3 Å². The summed E-state index contributed by atoms with van der Waals surface area (Å²) in [6.45, 7) is 1.70. The first-order valence-corrected chi connectivity index (χ1v) is 6.92. The van der Waals surface area contributed by atoms with Gasteiger partial charge in [0.05, 0.1) is 5.25 Å². The summed E-state index contributed by atoms with van der Waals surface area (Å²) in [6.07, 6.45) is 0. The Morgan fingerprint density at radius 2 is 2.15 bits per heavy atom. The average molecular weight is 292 g/mol. The third kappa shape index (κ3) is 3.30. The Kier molecular flexibility index (Phi) is 4.29. The topological polar surface area (TPSA) is 85.2 Å². The first-order valence-electron chi connectivity index (χ1n) is 6.04. The molecule has 106 valence electrons. The van der Waals surface area contributed by atoms with Crippen LogP contribution in [0.5, 0.6) is 0 Å². The van der Waals surface area contributed by atoms with E-state index >= 15 is 0 Å². The van der Waals surface area contributed by atoms with Gasteiger partial charge in [0.1, 0.15) is 0 Å². The van der Waals surface area contributed by atoms with E-state index in [0.29, 0.717) is 11.1 Å². The average Bonchev–Trinajstić information content (AvgIpc) is 2.87. The van der Waals surface area contributed by atoms with Gasteiger partial charge < -0.3 is 15.1 Å². The van der Waals surface area contributed by atoms with Crippen molar-refractivity contribution in [1.29, 1.82) is 0 Å². The molecule has 0 bridgehead atoms. The molecular formula is C13H16N4O2S. The molecule has 0 aliphatic heterocycles. The lowest BCUT2D eigenvalue weighted by Crippen LogP contribution is -2.22. The summed E-state index contributed by atoms with van der Waals surface area (Å²) in [7, 11) is 3.92. The van der Waals surface area contributed by atoms with Crippen LogP contribution in [0.25, 0.3) is 11.5 Å². The fourth-order valence-electron chi connectivity index (χ4n) is 1.50. The van der Waals surface area contributed by atoms with Gasteiger partial charge in [0.15, 0.2) is 0 Å². The minimum atomic E-state index is -0.413. The van der Waals surface area contributed by atoms with E-state index in [4.69, 9.17) is 10.2 Å². The number of amides is 1. The lowest BCUT2D eigenvalue weighted by molar-refractivity contribution is -0.117. The maximum Gasteiger partial charge on any atom is 0.277 e. The maximum absolute atomic E-state index is 11.0. The molecule has 0 saturated carbocycles. The molecule has 0 radical (unpaired) electrons. The molecule has 1 amide bonds. The molecular weight excluding hydrogens is 276 g/mol. The van der Waals surface area contributed by atoms with Crippen molar-refractivity contribution in [2.45, 2.75) is 17.4 Å². The molecule has 1 aromatic heterocycles. The SMILES string of the molecule is C[C@@H](Sc1nnc(-c2cccc(N(C)C)c2)o1)C(N)=O. The number of carbonyl (C=O) groups excluding carboxylic acids is 1. The van der Waals surface area contributed by atoms with E-state index in [0.717, 1.165) is 23.0 Å². The monoisotopic (exact) mass is 292 g/mol. The van der Waals surface area contributed by atoms with E-state index in [1.165, 1.54) is 0 Å². The molecule has 1 aromatic carbocycles. The van der Waals surface area contributed by atoms with Crippen LogP contribution < -0.4 is 10.6 Å². The summed E-state index contributed by atoms with van der Waals surface area (Å²) in [5, 5.41) is 7.83. The summed E-state index contributed by atoms with van der Waals surface area (Å²) in [5.41, 5.74) is 7.08. The lowest BCUT2D eigenvalue weighted by atomic mass is 10.2. The second-order valence-electron chi connectivity index (χ2n) is 4.48. The number of carbonyl (C=O) groups is 1. The Morgan fingerprint density at radius 3 is 2.80 bits per heavy atom. The van der Waals surface area contributed by atoms with Gasteiger partial charge in [-0.2, -0.15) is 0 Å². The van der Waals surface area contributed by atoms with Crippen LogP contribution in [-0.2, 0) is 4.79 Å². The van der Waals surface area contributed by atoms with Gasteiger partial charge in [0, 0.05) is 25.3 Å². The fourth-order valence-corrected chi connectivity index (χ4v) is 2.13. The molecule has 20 heavy (non-hydrogen) atoms. The number of benzene rings is 1. The summed E-state index contributed by atoms with van der Waals surface area (Å²) >= 11 is 1.15. The summed E-state index contributed by atoms with van der Waals surface area (Å²) < 4.78 is 5.54. The van der Waals surface area contributed by atoms with Gasteiger partial charge in [-0.05, 0) is 25.1 Å². The molecule has 0 fully saturated rings. The van der Waals surface area contributed by atoms with Gasteiger partial charge in [-0.15, -0.1) is 10.2 Å². The van der Waals surface area contributed by atoms with Crippen LogP contribution >= 0.6 is 11.8 Å². The molecule has 0 aliphatic rings. The Hall–Kier alpha value is -2.02. The maximum atomic E-state index is 11.0. The van der Waals surface area contributed by atoms with Crippen LogP contribution in [0.1, 0.15) is 6.92 Å². The highest BCUT2D eigenvalue weighted by Crippen LogP contribution is 2.27. The molecule has 7 heteroatoms. The number of nitrogens with two attached hydrogens (primary N) is 1. The predicted octanol–water partition coefficient (Wildman–Crippen LogP) is 1.77. The number of nitrogens with zero attached hydrogens (tertiary/aromatic N) is 3. The largest absolute Gasteiger partial charge is 0.411 e. The van der Waals surface area contributed by atoms with Gasteiger partial charge in [-0.3, -0.25) is 4.79 Å². The van der Waals surface area contributed by atoms with E-state index in [-0.39, 0.29) is 0 Å². The summed E-state index contributed by atoms with van der Waals surface area (Å²) in [4.78, 5) is 13.0. The molecule has 2 N–H and O–H groups in total. The van der Waals surface area contributed by atoms with Gasteiger partial charge in [-0.25, -0.2) is 0 Å². The highest BCUT2D eigenvalue weighted by atomic mass is 32.2. The zero-order chi connectivity index (χ0) is 14.7. The Labute approximate surface area is 121 Å². The zero-order valence-corrected chi connectivity index (χ0v) is 12.3. The van der Waals surface area contributed by atoms with Crippen LogP contribution in [0.2, 0.25) is 0 Å². The van der Waals surface area contributed by atoms with Crippen molar-refractivity contribution >= 4 is 23.4 Å². The quantitative estimate of drug-likeness (QED) is 0.845. The molecule has 0 saturated heterocycles. The molecule has 0 spiro atoms. The first kappa shape index (κ1) is 14.4. The summed E-state index contributed by atoms with van der Waals surface area (Å²) in [5.74, 6) is 0.0113.